The first kappa shape index (κ1) is 22.8. The molecule has 0 spiro atoms. The Bertz CT molecular complexity index is 1220. The number of pyridine rings is 1. The number of aromatic nitrogens is 3. The van der Waals surface area contributed by atoms with Gasteiger partial charge < -0.3 is 10.6 Å². The Morgan fingerprint density at radius 3 is 2.66 bits per heavy atom. The van der Waals surface area contributed by atoms with Crippen molar-refractivity contribution in [3.63, 3.8) is 0 Å². The number of halogens is 3. The van der Waals surface area contributed by atoms with Crippen molar-refractivity contribution >= 4 is 56.6 Å². The summed E-state index contributed by atoms with van der Waals surface area (Å²) in [6, 6.07) is 8.15. The fourth-order valence-corrected chi connectivity index (χ4v) is 4.10. The molecular weight excluding hydrogens is 517 g/mol. The average molecular weight is 537 g/mol. The third kappa shape index (κ3) is 4.82. The molecule has 10 heteroatoms. The van der Waals surface area contributed by atoms with E-state index in [0.29, 0.717) is 43.8 Å². The fraction of sp³-hybridized carbons (Fsp3) is 0.273. The number of hydrogen-bond acceptors (Lipinski definition) is 4. The maximum Gasteiger partial charge on any atom is 0.274 e. The van der Waals surface area contributed by atoms with E-state index in [0.717, 1.165) is 12.8 Å². The first-order valence-corrected chi connectivity index (χ1v) is 11.5. The number of hydrogen-bond donors (Lipinski definition) is 2. The molecule has 0 atom stereocenters. The molecule has 0 bridgehead atoms. The molecule has 2 heterocycles. The molecule has 2 amide bonds. The van der Waals surface area contributed by atoms with Crippen LogP contribution in [-0.4, -0.2) is 33.1 Å². The van der Waals surface area contributed by atoms with Gasteiger partial charge in [0.05, 0.1) is 16.3 Å². The van der Waals surface area contributed by atoms with E-state index < -0.39 is 5.91 Å². The highest BCUT2D eigenvalue weighted by Gasteiger charge is 2.37. The van der Waals surface area contributed by atoms with Gasteiger partial charge >= 0.3 is 0 Å². The SMILES string of the molecule is Cc1cc(Cl)cc(C(=O)NCC2(C)CC2)c1NC(=O)c1cc(Br)nn1-c1ncccc1Cl. The summed E-state index contributed by atoms with van der Waals surface area (Å²) in [7, 11) is 0. The van der Waals surface area contributed by atoms with Crippen LogP contribution in [0.15, 0.2) is 41.1 Å². The third-order valence-electron chi connectivity index (χ3n) is 5.41. The first-order chi connectivity index (χ1) is 15.2. The lowest BCUT2D eigenvalue weighted by Crippen LogP contribution is -2.30. The molecular formula is C22H20BrCl2N5O2. The predicted octanol–water partition coefficient (Wildman–Crippen LogP) is 5.43. The summed E-state index contributed by atoms with van der Waals surface area (Å²) in [5, 5.41) is 10.8. The van der Waals surface area contributed by atoms with E-state index in [1.54, 1.807) is 43.5 Å². The molecule has 32 heavy (non-hydrogen) atoms. The molecule has 0 unspecified atom stereocenters. The molecule has 1 saturated carbocycles. The largest absolute Gasteiger partial charge is 0.351 e. The molecule has 1 aromatic carbocycles. The number of nitrogens with one attached hydrogen (secondary N) is 2. The van der Waals surface area contributed by atoms with Crippen LogP contribution in [0.5, 0.6) is 0 Å². The number of rotatable bonds is 6. The maximum atomic E-state index is 13.2. The lowest BCUT2D eigenvalue weighted by atomic mass is 10.1. The minimum absolute atomic E-state index is 0.146. The second-order valence-corrected chi connectivity index (χ2v) is 9.82. The molecule has 166 valence electrons. The monoisotopic (exact) mass is 535 g/mol. The van der Waals surface area contributed by atoms with Crippen LogP contribution >= 0.6 is 39.1 Å². The lowest BCUT2D eigenvalue weighted by Gasteiger charge is -2.16. The molecule has 0 aliphatic heterocycles. The van der Waals surface area contributed by atoms with E-state index in [-0.39, 0.29) is 17.0 Å². The second-order valence-electron chi connectivity index (χ2n) is 8.17. The number of benzene rings is 1. The van der Waals surface area contributed by atoms with E-state index in [1.807, 2.05) is 0 Å². The van der Waals surface area contributed by atoms with Gasteiger partial charge in [0.15, 0.2) is 5.82 Å². The maximum absolute atomic E-state index is 13.2. The number of aryl methyl sites for hydroxylation is 1. The van der Waals surface area contributed by atoms with Crippen LogP contribution in [0, 0.1) is 12.3 Å². The van der Waals surface area contributed by atoms with Crippen LogP contribution in [0.2, 0.25) is 10.0 Å². The van der Waals surface area contributed by atoms with Crippen molar-refractivity contribution < 1.29 is 9.59 Å². The molecule has 0 saturated heterocycles. The molecule has 2 N–H and O–H groups in total. The summed E-state index contributed by atoms with van der Waals surface area (Å²) < 4.78 is 1.79. The van der Waals surface area contributed by atoms with Crippen LogP contribution in [-0.2, 0) is 0 Å². The van der Waals surface area contributed by atoms with Crippen molar-refractivity contribution in [2.75, 3.05) is 11.9 Å². The zero-order chi connectivity index (χ0) is 23.0. The Balaban J connectivity index is 1.66. The van der Waals surface area contributed by atoms with Gasteiger partial charge in [-0.3, -0.25) is 9.59 Å². The van der Waals surface area contributed by atoms with Crippen molar-refractivity contribution in [2.45, 2.75) is 26.7 Å². The molecule has 4 rings (SSSR count). The van der Waals surface area contributed by atoms with Gasteiger partial charge in [-0.2, -0.15) is 5.10 Å². The summed E-state index contributed by atoms with van der Waals surface area (Å²) in [6.45, 7) is 4.48. The number of carbonyl (C=O) groups is 2. The van der Waals surface area contributed by atoms with Gasteiger partial charge in [-0.05, 0) is 70.9 Å². The highest BCUT2D eigenvalue weighted by atomic mass is 79.9. The molecule has 7 nitrogen and oxygen atoms in total. The topological polar surface area (TPSA) is 88.9 Å². The Kier molecular flexibility index (Phi) is 6.29. The van der Waals surface area contributed by atoms with Crippen LogP contribution in [0.1, 0.15) is 46.2 Å². The minimum Gasteiger partial charge on any atom is -0.351 e. The minimum atomic E-state index is -0.474. The predicted molar refractivity (Wildman–Crippen MR) is 128 cm³/mol. The van der Waals surface area contributed by atoms with Crippen molar-refractivity contribution in [3.05, 3.63) is 68.0 Å². The second kappa shape index (κ2) is 8.84. The molecule has 1 aliphatic rings. The zero-order valence-corrected chi connectivity index (χ0v) is 20.5. The molecule has 1 aliphatic carbocycles. The van der Waals surface area contributed by atoms with E-state index >= 15 is 0 Å². The summed E-state index contributed by atoms with van der Waals surface area (Å²) in [5.74, 6) is -0.450. The summed E-state index contributed by atoms with van der Waals surface area (Å²) in [6.07, 6.45) is 3.73. The van der Waals surface area contributed by atoms with Crippen LogP contribution in [0.25, 0.3) is 5.82 Å². The van der Waals surface area contributed by atoms with Crippen LogP contribution < -0.4 is 10.6 Å². The first-order valence-electron chi connectivity index (χ1n) is 9.93. The highest BCUT2D eigenvalue weighted by molar-refractivity contribution is 9.10. The van der Waals surface area contributed by atoms with Gasteiger partial charge in [-0.1, -0.05) is 30.1 Å². The summed E-state index contributed by atoms with van der Waals surface area (Å²) >= 11 is 15.8. The third-order valence-corrected chi connectivity index (χ3v) is 6.32. The van der Waals surface area contributed by atoms with Gasteiger partial charge in [0.1, 0.15) is 10.3 Å². The molecule has 0 radical (unpaired) electrons. The smallest absolute Gasteiger partial charge is 0.274 e. The van der Waals surface area contributed by atoms with E-state index in [2.05, 4.69) is 43.6 Å². The Hall–Kier alpha value is -2.42. The summed E-state index contributed by atoms with van der Waals surface area (Å²) in [4.78, 5) is 30.4. The lowest BCUT2D eigenvalue weighted by molar-refractivity contribution is 0.0947. The normalized spacial score (nSPS) is 14.2. The number of amides is 2. The Morgan fingerprint density at radius 1 is 1.22 bits per heavy atom. The van der Waals surface area contributed by atoms with E-state index in [4.69, 9.17) is 23.2 Å². The zero-order valence-electron chi connectivity index (χ0n) is 17.4. The Morgan fingerprint density at radius 2 is 1.97 bits per heavy atom. The molecule has 1 fully saturated rings. The van der Waals surface area contributed by atoms with Gasteiger partial charge in [0, 0.05) is 23.8 Å². The van der Waals surface area contributed by atoms with Crippen molar-refractivity contribution in [2.24, 2.45) is 5.41 Å². The van der Waals surface area contributed by atoms with Gasteiger partial charge in [-0.15, -0.1) is 0 Å². The van der Waals surface area contributed by atoms with Gasteiger partial charge in [0.25, 0.3) is 11.8 Å². The average Bonchev–Trinajstić information content (AvgIpc) is 3.35. The van der Waals surface area contributed by atoms with Gasteiger partial charge in [-0.25, -0.2) is 9.67 Å². The van der Waals surface area contributed by atoms with Crippen molar-refractivity contribution in [3.8, 4) is 5.82 Å². The molecule has 2 aromatic heterocycles. The van der Waals surface area contributed by atoms with Crippen LogP contribution in [0.4, 0.5) is 5.69 Å². The number of anilines is 1. The fourth-order valence-electron chi connectivity index (χ4n) is 3.25. The van der Waals surface area contributed by atoms with Crippen LogP contribution in [0.3, 0.4) is 0 Å². The Labute approximate surface area is 203 Å². The quantitative estimate of drug-likeness (QED) is 0.439. The molecule has 3 aromatic rings. The van der Waals surface area contributed by atoms with Gasteiger partial charge in [0.2, 0.25) is 0 Å². The van der Waals surface area contributed by atoms with Crippen molar-refractivity contribution in [1.82, 2.24) is 20.1 Å². The van der Waals surface area contributed by atoms with E-state index in [9.17, 15) is 9.59 Å². The number of nitrogens with zero attached hydrogens (tertiary/aromatic N) is 3. The number of carbonyl (C=O) groups excluding carboxylic acids is 2. The van der Waals surface area contributed by atoms with E-state index in [1.165, 1.54) is 4.68 Å². The standard InChI is InChI=1S/C22H20BrCl2N5O2/c1-12-8-13(24)9-14(20(31)27-11-22(2)5-6-22)18(12)28-21(32)16-10-17(23)29-30(16)19-15(25)4-3-7-26-19/h3-4,7-10H,5-6,11H2,1-2H3,(H,27,31)(H,28,32). The van der Waals surface area contributed by atoms with Crippen molar-refractivity contribution in [1.29, 1.82) is 0 Å². The summed E-state index contributed by atoms with van der Waals surface area (Å²) in [5.41, 5.74) is 1.69. The highest BCUT2D eigenvalue weighted by Crippen LogP contribution is 2.44.